The minimum absolute atomic E-state index is 0.675. The zero-order chi connectivity index (χ0) is 8.84. The molecule has 3 aliphatic rings. The third-order valence-corrected chi connectivity index (χ3v) is 4.70. The summed E-state index contributed by atoms with van der Waals surface area (Å²) in [7, 11) is 1.75. The number of rotatable bonds is 2. The van der Waals surface area contributed by atoms with E-state index in [0.717, 1.165) is 23.7 Å². The Balaban J connectivity index is 1.74. The summed E-state index contributed by atoms with van der Waals surface area (Å²) in [5.74, 6) is 4.12. The van der Waals surface area contributed by atoms with Gasteiger partial charge in [-0.15, -0.1) is 0 Å². The average Bonchev–Trinajstić information content (AvgIpc) is 2.72. The molecule has 0 heterocycles. The number of hydrogen-bond donors (Lipinski definition) is 1. The lowest BCUT2D eigenvalue weighted by Gasteiger charge is -2.31. The second kappa shape index (κ2) is 2.96. The van der Waals surface area contributed by atoms with E-state index in [1.165, 1.54) is 32.1 Å². The fourth-order valence-electron chi connectivity index (χ4n) is 4.35. The summed E-state index contributed by atoms with van der Waals surface area (Å²) in [6, 6.07) is 0.675. The first-order valence-corrected chi connectivity index (χ1v) is 5.68. The van der Waals surface area contributed by atoms with Gasteiger partial charge in [0.05, 0.1) is 7.11 Å². The van der Waals surface area contributed by atoms with Crippen LogP contribution in [0.3, 0.4) is 0 Å². The predicted molar refractivity (Wildman–Crippen MR) is 51.0 cm³/mol. The van der Waals surface area contributed by atoms with Gasteiger partial charge >= 0.3 is 0 Å². The van der Waals surface area contributed by atoms with Gasteiger partial charge in [0.25, 0.3) is 0 Å². The van der Waals surface area contributed by atoms with Gasteiger partial charge in [-0.25, -0.2) is 0 Å². The lowest BCUT2D eigenvalue weighted by molar-refractivity contribution is 0.0266. The van der Waals surface area contributed by atoms with E-state index in [1.807, 2.05) is 0 Å². The molecule has 2 nitrogen and oxygen atoms in total. The van der Waals surface area contributed by atoms with Gasteiger partial charge < -0.3 is 4.84 Å². The van der Waals surface area contributed by atoms with E-state index in [9.17, 15) is 0 Å². The largest absolute Gasteiger partial charge is 0.305 e. The highest BCUT2D eigenvalue weighted by Gasteiger charge is 2.53. The monoisotopic (exact) mass is 181 g/mol. The van der Waals surface area contributed by atoms with Crippen molar-refractivity contribution in [3.05, 3.63) is 0 Å². The van der Waals surface area contributed by atoms with E-state index < -0.39 is 0 Å². The molecule has 3 rings (SSSR count). The summed E-state index contributed by atoms with van der Waals surface area (Å²) >= 11 is 0. The summed E-state index contributed by atoms with van der Waals surface area (Å²) in [5.41, 5.74) is 3.19. The molecule has 3 aliphatic carbocycles. The van der Waals surface area contributed by atoms with Crippen LogP contribution in [-0.2, 0) is 4.84 Å². The van der Waals surface area contributed by atoms with Gasteiger partial charge in [-0.1, -0.05) is 6.42 Å². The molecule has 5 unspecified atom stereocenters. The topological polar surface area (TPSA) is 21.3 Å². The molecule has 2 bridgehead atoms. The second-order valence-corrected chi connectivity index (χ2v) is 5.08. The van der Waals surface area contributed by atoms with Crippen molar-refractivity contribution in [3.63, 3.8) is 0 Å². The molecule has 0 aromatic rings. The van der Waals surface area contributed by atoms with E-state index in [4.69, 9.17) is 4.84 Å². The Morgan fingerprint density at radius 1 is 1.08 bits per heavy atom. The highest BCUT2D eigenvalue weighted by molar-refractivity contribution is 5.04. The van der Waals surface area contributed by atoms with Crippen LogP contribution in [0.2, 0.25) is 0 Å². The quantitative estimate of drug-likeness (QED) is 0.658. The van der Waals surface area contributed by atoms with Crippen molar-refractivity contribution >= 4 is 0 Å². The van der Waals surface area contributed by atoms with E-state index in [0.29, 0.717) is 6.04 Å². The predicted octanol–water partition coefficient (Wildman–Crippen LogP) is 1.96. The summed E-state index contributed by atoms with van der Waals surface area (Å²) in [5, 5.41) is 0. The fraction of sp³-hybridized carbons (Fsp3) is 1.00. The Labute approximate surface area is 80.0 Å². The molecule has 0 amide bonds. The molecule has 0 aromatic carbocycles. The highest BCUT2D eigenvalue weighted by atomic mass is 16.6. The molecule has 0 aliphatic heterocycles. The Morgan fingerprint density at radius 3 is 2.77 bits per heavy atom. The maximum absolute atomic E-state index is 5.08. The highest BCUT2D eigenvalue weighted by Crippen LogP contribution is 2.58. The maximum Gasteiger partial charge on any atom is 0.0572 e. The first-order valence-electron chi connectivity index (χ1n) is 5.68. The molecular formula is C11H19NO. The van der Waals surface area contributed by atoms with E-state index >= 15 is 0 Å². The minimum atomic E-state index is 0.675. The fourth-order valence-corrected chi connectivity index (χ4v) is 4.35. The lowest BCUT2D eigenvalue weighted by Crippen LogP contribution is -2.38. The van der Waals surface area contributed by atoms with Crippen LogP contribution in [0.15, 0.2) is 0 Å². The number of hydrogen-bond acceptors (Lipinski definition) is 2. The van der Waals surface area contributed by atoms with Crippen LogP contribution in [0.25, 0.3) is 0 Å². The molecule has 0 saturated heterocycles. The van der Waals surface area contributed by atoms with Gasteiger partial charge in [-0.2, -0.15) is 5.48 Å². The number of nitrogens with one attached hydrogen (secondary N) is 1. The molecule has 3 fully saturated rings. The van der Waals surface area contributed by atoms with E-state index in [2.05, 4.69) is 5.48 Å². The van der Waals surface area contributed by atoms with E-state index in [-0.39, 0.29) is 0 Å². The van der Waals surface area contributed by atoms with Crippen molar-refractivity contribution in [1.82, 2.24) is 5.48 Å². The number of hydroxylamine groups is 1. The van der Waals surface area contributed by atoms with Crippen LogP contribution in [0.4, 0.5) is 0 Å². The van der Waals surface area contributed by atoms with Crippen LogP contribution in [0, 0.1) is 23.7 Å². The molecule has 0 spiro atoms. The lowest BCUT2D eigenvalue weighted by atomic mass is 9.79. The minimum Gasteiger partial charge on any atom is -0.305 e. The maximum atomic E-state index is 5.08. The molecule has 13 heavy (non-hydrogen) atoms. The van der Waals surface area contributed by atoms with Crippen molar-refractivity contribution in [1.29, 1.82) is 0 Å². The van der Waals surface area contributed by atoms with Gasteiger partial charge in [0.15, 0.2) is 0 Å². The van der Waals surface area contributed by atoms with Crippen LogP contribution >= 0.6 is 0 Å². The second-order valence-electron chi connectivity index (χ2n) is 5.08. The Kier molecular flexibility index (Phi) is 1.88. The van der Waals surface area contributed by atoms with Gasteiger partial charge in [0.1, 0.15) is 0 Å². The van der Waals surface area contributed by atoms with Crippen LogP contribution in [0.5, 0.6) is 0 Å². The summed E-state index contributed by atoms with van der Waals surface area (Å²) in [4.78, 5) is 5.08. The van der Waals surface area contributed by atoms with Crippen molar-refractivity contribution < 1.29 is 4.84 Å². The Hall–Kier alpha value is -0.0800. The van der Waals surface area contributed by atoms with Crippen molar-refractivity contribution in [2.75, 3.05) is 7.11 Å². The van der Waals surface area contributed by atoms with Crippen molar-refractivity contribution in [2.45, 2.75) is 38.1 Å². The molecule has 0 aromatic heterocycles. The first kappa shape index (κ1) is 8.25. The van der Waals surface area contributed by atoms with Crippen molar-refractivity contribution in [2.24, 2.45) is 23.7 Å². The van der Waals surface area contributed by atoms with Gasteiger partial charge in [0.2, 0.25) is 0 Å². The van der Waals surface area contributed by atoms with Crippen LogP contribution < -0.4 is 5.48 Å². The number of fused-ring (bicyclic) bond motifs is 5. The Bertz CT molecular complexity index is 206. The summed E-state index contributed by atoms with van der Waals surface area (Å²) in [6.45, 7) is 0. The normalized spacial score (nSPS) is 52.8. The molecule has 0 radical (unpaired) electrons. The molecule has 74 valence electrons. The van der Waals surface area contributed by atoms with Crippen LogP contribution in [0.1, 0.15) is 32.1 Å². The van der Waals surface area contributed by atoms with Gasteiger partial charge in [0, 0.05) is 6.04 Å². The van der Waals surface area contributed by atoms with Crippen LogP contribution in [-0.4, -0.2) is 13.2 Å². The van der Waals surface area contributed by atoms with E-state index in [1.54, 1.807) is 7.11 Å². The molecule has 2 heteroatoms. The average molecular weight is 181 g/mol. The summed E-state index contributed by atoms with van der Waals surface area (Å²) < 4.78 is 0. The third kappa shape index (κ3) is 1.08. The summed E-state index contributed by atoms with van der Waals surface area (Å²) in [6.07, 6.45) is 7.36. The van der Waals surface area contributed by atoms with Gasteiger partial charge in [-0.3, -0.25) is 0 Å². The molecule has 5 atom stereocenters. The van der Waals surface area contributed by atoms with Crippen molar-refractivity contribution in [3.8, 4) is 0 Å². The molecule has 1 N–H and O–H groups in total. The zero-order valence-electron chi connectivity index (χ0n) is 8.33. The smallest absolute Gasteiger partial charge is 0.0572 e. The Morgan fingerprint density at radius 2 is 1.92 bits per heavy atom. The standard InChI is InChI=1S/C11H19NO/c1-13-12-11-6-7-5-10(11)9-4-2-3-8(7)9/h7-12H,2-6H2,1H3. The zero-order valence-corrected chi connectivity index (χ0v) is 8.33. The SMILES string of the molecule is CONC1CC2CC1C1CCCC21. The first-order chi connectivity index (χ1) is 6.40. The molecular weight excluding hydrogens is 162 g/mol. The molecule has 3 saturated carbocycles. The van der Waals surface area contributed by atoms with Gasteiger partial charge in [-0.05, 0) is 49.4 Å². The third-order valence-electron chi connectivity index (χ3n) is 4.70.